The van der Waals surface area contributed by atoms with Crippen LogP contribution in [0.2, 0.25) is 0 Å². The minimum Gasteiger partial charge on any atom is -0.494 e. The third-order valence-corrected chi connectivity index (χ3v) is 6.47. The molecule has 11 nitrogen and oxygen atoms in total. The molecule has 0 aliphatic rings. The largest absolute Gasteiger partial charge is 0.494 e. The quantitative estimate of drug-likeness (QED) is 0.272. The zero-order valence-electron chi connectivity index (χ0n) is 19.0. The maximum absolute atomic E-state index is 13.6. The highest BCUT2D eigenvalue weighted by Crippen LogP contribution is 2.36. The Hall–Kier alpha value is -3.12. The number of aryl methyl sites for hydroxylation is 1. The number of hydrogen-bond acceptors (Lipinski definition) is 9. The smallest absolute Gasteiger partial charge is 0.260 e. The predicted octanol–water partition coefficient (Wildman–Crippen LogP) is 2.21. The SMILES string of the molecule is COc1cccc(OC)c1NN(C(=N)N)S(=O)(=O)[C@@H](C)[C@@H](OC(C)C)c1ncc(C)cn1. The van der Waals surface area contributed by atoms with Crippen LogP contribution in [0, 0.1) is 12.3 Å². The summed E-state index contributed by atoms with van der Waals surface area (Å²) in [6.45, 7) is 6.83. The molecule has 0 saturated carbocycles. The number of nitrogens with zero attached hydrogens (tertiary/aromatic N) is 3. The lowest BCUT2D eigenvalue weighted by Gasteiger charge is -2.31. The number of anilines is 1. The summed E-state index contributed by atoms with van der Waals surface area (Å²) in [5, 5.41) is 6.72. The molecule has 0 fully saturated rings. The second-order valence-electron chi connectivity index (χ2n) is 7.27. The average molecular weight is 467 g/mol. The van der Waals surface area contributed by atoms with Crippen LogP contribution in [0.3, 0.4) is 0 Å². The Bertz CT molecular complexity index is 1010. The van der Waals surface area contributed by atoms with Crippen LogP contribution in [0.5, 0.6) is 11.5 Å². The van der Waals surface area contributed by atoms with Gasteiger partial charge in [-0.3, -0.25) is 10.8 Å². The number of nitrogens with one attached hydrogen (secondary N) is 2. The molecular formula is C20H30N6O5S. The maximum atomic E-state index is 13.6. The van der Waals surface area contributed by atoms with E-state index in [4.69, 9.17) is 25.4 Å². The molecule has 1 heterocycles. The van der Waals surface area contributed by atoms with Gasteiger partial charge in [0.2, 0.25) is 5.96 Å². The number of sulfonamides is 1. The summed E-state index contributed by atoms with van der Waals surface area (Å²) in [4.78, 5) is 8.49. The van der Waals surface area contributed by atoms with Crippen molar-refractivity contribution in [3.63, 3.8) is 0 Å². The number of hydrogen-bond donors (Lipinski definition) is 3. The second-order valence-corrected chi connectivity index (χ2v) is 9.41. The molecular weight excluding hydrogens is 436 g/mol. The van der Waals surface area contributed by atoms with Crippen molar-refractivity contribution in [2.24, 2.45) is 5.73 Å². The van der Waals surface area contributed by atoms with Gasteiger partial charge in [0, 0.05) is 12.4 Å². The molecule has 0 radical (unpaired) electrons. The van der Waals surface area contributed by atoms with Gasteiger partial charge in [-0.15, -0.1) is 4.41 Å². The van der Waals surface area contributed by atoms with Crippen molar-refractivity contribution in [2.45, 2.75) is 45.2 Å². The van der Waals surface area contributed by atoms with Crippen LogP contribution >= 0.6 is 0 Å². The van der Waals surface area contributed by atoms with Gasteiger partial charge in [-0.05, 0) is 45.4 Å². The van der Waals surface area contributed by atoms with E-state index in [0.717, 1.165) is 5.56 Å². The molecule has 176 valence electrons. The summed E-state index contributed by atoms with van der Waals surface area (Å²) >= 11 is 0. The van der Waals surface area contributed by atoms with E-state index in [0.29, 0.717) is 15.9 Å². The van der Waals surface area contributed by atoms with Crippen molar-refractivity contribution in [1.82, 2.24) is 14.4 Å². The van der Waals surface area contributed by atoms with Gasteiger partial charge in [-0.1, -0.05) is 6.07 Å². The normalized spacial score (nSPS) is 13.3. The summed E-state index contributed by atoms with van der Waals surface area (Å²) < 4.78 is 44.2. The molecule has 4 N–H and O–H groups in total. The van der Waals surface area contributed by atoms with Crippen LogP contribution in [0.25, 0.3) is 0 Å². The lowest BCUT2D eigenvalue weighted by molar-refractivity contribution is 0.000977. The summed E-state index contributed by atoms with van der Waals surface area (Å²) in [6, 6.07) is 4.91. The summed E-state index contributed by atoms with van der Waals surface area (Å²) in [7, 11) is -1.44. The Labute approximate surface area is 188 Å². The van der Waals surface area contributed by atoms with E-state index < -0.39 is 27.3 Å². The van der Waals surface area contributed by atoms with Gasteiger partial charge in [0.15, 0.2) is 5.82 Å². The molecule has 0 spiro atoms. The number of nitrogens with two attached hydrogens (primary N) is 1. The minimum atomic E-state index is -4.30. The van der Waals surface area contributed by atoms with E-state index in [2.05, 4.69) is 15.4 Å². The molecule has 2 aromatic rings. The van der Waals surface area contributed by atoms with Crippen LogP contribution in [0.1, 0.15) is 38.3 Å². The van der Waals surface area contributed by atoms with Crippen molar-refractivity contribution < 1.29 is 22.6 Å². The lowest BCUT2D eigenvalue weighted by atomic mass is 10.2. The third-order valence-electron chi connectivity index (χ3n) is 4.48. The van der Waals surface area contributed by atoms with E-state index >= 15 is 0 Å². The molecule has 12 heteroatoms. The number of benzene rings is 1. The fraction of sp³-hybridized carbons (Fsp3) is 0.450. The Morgan fingerprint density at radius 3 is 2.09 bits per heavy atom. The van der Waals surface area contributed by atoms with Gasteiger partial charge in [0.25, 0.3) is 10.0 Å². The zero-order chi connectivity index (χ0) is 24.1. The second kappa shape index (κ2) is 10.5. The molecule has 0 aliphatic heterocycles. The highest BCUT2D eigenvalue weighted by molar-refractivity contribution is 7.90. The van der Waals surface area contributed by atoms with Gasteiger partial charge < -0.3 is 19.9 Å². The Balaban J connectivity index is 2.50. The first-order chi connectivity index (χ1) is 15.0. The minimum absolute atomic E-state index is 0.191. The summed E-state index contributed by atoms with van der Waals surface area (Å²) in [5.74, 6) is 0.0577. The number of para-hydroxylation sites is 1. The van der Waals surface area contributed by atoms with E-state index in [9.17, 15) is 8.42 Å². The van der Waals surface area contributed by atoms with Crippen LogP contribution in [-0.4, -0.2) is 54.3 Å². The third kappa shape index (κ3) is 5.56. The predicted molar refractivity (Wildman–Crippen MR) is 121 cm³/mol. The zero-order valence-corrected chi connectivity index (χ0v) is 19.8. The van der Waals surface area contributed by atoms with E-state index in [-0.39, 0.29) is 17.6 Å². The number of aromatic nitrogens is 2. The molecule has 0 saturated heterocycles. The summed E-state index contributed by atoms with van der Waals surface area (Å²) in [5.41, 5.74) is 9.34. The average Bonchev–Trinajstić information content (AvgIpc) is 2.75. The molecule has 1 aromatic heterocycles. The fourth-order valence-corrected chi connectivity index (χ4v) is 4.19. The van der Waals surface area contributed by atoms with Gasteiger partial charge in [0.1, 0.15) is 28.5 Å². The first-order valence-electron chi connectivity index (χ1n) is 9.82. The molecule has 32 heavy (non-hydrogen) atoms. The summed E-state index contributed by atoms with van der Waals surface area (Å²) in [6.07, 6.45) is 1.84. The first-order valence-corrected chi connectivity index (χ1v) is 11.3. The number of rotatable bonds is 10. The standard InChI is InChI=1S/C20H30N6O5S/c1-12(2)31-18(19-23-10-13(3)11-24-19)14(4)32(27,28)26(20(21)22)25-17-15(29-5)8-7-9-16(17)30-6/h7-12,14,18,25H,1-6H3,(H3,21,22)/t14-,18+/m0/s1. The monoisotopic (exact) mass is 466 g/mol. The molecule has 0 bridgehead atoms. The molecule has 2 rings (SSSR count). The molecule has 0 unspecified atom stereocenters. The van der Waals surface area contributed by atoms with Crippen molar-refractivity contribution in [2.75, 3.05) is 19.6 Å². The van der Waals surface area contributed by atoms with Crippen molar-refractivity contribution in [3.05, 3.63) is 42.0 Å². The maximum Gasteiger partial charge on any atom is 0.260 e. The fourth-order valence-electron chi connectivity index (χ4n) is 2.87. The van der Waals surface area contributed by atoms with E-state index in [1.54, 1.807) is 44.4 Å². The van der Waals surface area contributed by atoms with Crippen molar-refractivity contribution in [1.29, 1.82) is 5.41 Å². The van der Waals surface area contributed by atoms with Crippen LogP contribution in [0.4, 0.5) is 5.69 Å². The van der Waals surface area contributed by atoms with Gasteiger partial charge in [0.05, 0.1) is 20.3 Å². The Morgan fingerprint density at radius 2 is 1.66 bits per heavy atom. The van der Waals surface area contributed by atoms with Gasteiger partial charge >= 0.3 is 0 Å². The lowest BCUT2D eigenvalue weighted by Crippen LogP contribution is -2.50. The molecule has 1 aromatic carbocycles. The highest BCUT2D eigenvalue weighted by Gasteiger charge is 2.40. The molecule has 0 aliphatic carbocycles. The molecule has 2 atom stereocenters. The number of hydrazine groups is 1. The first kappa shape index (κ1) is 25.1. The van der Waals surface area contributed by atoms with Crippen LogP contribution in [0.15, 0.2) is 30.6 Å². The molecule has 0 amide bonds. The Kier molecular flexibility index (Phi) is 8.22. The van der Waals surface area contributed by atoms with Crippen LogP contribution < -0.4 is 20.6 Å². The van der Waals surface area contributed by atoms with Gasteiger partial charge in [-0.25, -0.2) is 18.4 Å². The van der Waals surface area contributed by atoms with E-state index in [1.165, 1.54) is 21.1 Å². The topological polar surface area (TPSA) is 153 Å². The van der Waals surface area contributed by atoms with Crippen LogP contribution in [-0.2, 0) is 14.8 Å². The number of guanidine groups is 1. The number of ether oxygens (including phenoxy) is 3. The van der Waals surface area contributed by atoms with E-state index in [1.807, 2.05) is 6.92 Å². The highest BCUT2D eigenvalue weighted by atomic mass is 32.2. The van der Waals surface area contributed by atoms with Crippen molar-refractivity contribution in [3.8, 4) is 11.5 Å². The Morgan fingerprint density at radius 1 is 1.12 bits per heavy atom. The van der Waals surface area contributed by atoms with Crippen molar-refractivity contribution >= 4 is 21.7 Å². The number of methoxy groups -OCH3 is 2. The van der Waals surface area contributed by atoms with Gasteiger partial charge in [-0.2, -0.15) is 0 Å².